The van der Waals surface area contributed by atoms with Gasteiger partial charge in [-0.15, -0.1) is 0 Å². The van der Waals surface area contributed by atoms with E-state index in [-0.39, 0.29) is 0 Å². The number of nitrogens with zero attached hydrogens (tertiary/aromatic N) is 1. The van der Waals surface area contributed by atoms with Crippen molar-refractivity contribution < 1.29 is 9.53 Å². The largest absolute Gasteiger partial charge is 0.444 e. The Balaban J connectivity index is 2.68. The van der Waals surface area contributed by atoms with E-state index in [9.17, 15) is 4.79 Å². The number of aryl methyl sites for hydroxylation is 1. The van der Waals surface area contributed by atoms with Crippen molar-refractivity contribution in [1.29, 1.82) is 5.26 Å². The van der Waals surface area contributed by atoms with Crippen LogP contribution in [0.2, 0.25) is 0 Å². The van der Waals surface area contributed by atoms with E-state index in [4.69, 9.17) is 10.00 Å². The third-order valence-electron chi connectivity index (χ3n) is 2.54. The molecule has 0 radical (unpaired) electrons. The highest BCUT2D eigenvalue weighted by molar-refractivity contribution is 5.67. The van der Waals surface area contributed by atoms with Crippen molar-refractivity contribution in [2.75, 3.05) is 0 Å². The fraction of sp³-hybridized carbons (Fsp3) is 0.467. The third-order valence-corrected chi connectivity index (χ3v) is 2.54. The highest BCUT2D eigenvalue weighted by Gasteiger charge is 2.16. The third kappa shape index (κ3) is 5.01. The normalized spacial score (nSPS) is 10.7. The van der Waals surface area contributed by atoms with Crippen molar-refractivity contribution in [1.82, 2.24) is 5.32 Å². The minimum Gasteiger partial charge on any atom is -0.444 e. The van der Waals surface area contributed by atoms with Crippen LogP contribution in [0.15, 0.2) is 18.2 Å². The van der Waals surface area contributed by atoms with E-state index < -0.39 is 11.7 Å². The Hall–Kier alpha value is -2.02. The van der Waals surface area contributed by atoms with Gasteiger partial charge in [-0.05, 0) is 50.5 Å². The van der Waals surface area contributed by atoms with Gasteiger partial charge in [-0.1, -0.05) is 13.0 Å². The second-order valence-electron chi connectivity index (χ2n) is 5.30. The Bertz CT molecular complexity index is 496. The number of benzene rings is 1. The molecule has 0 spiro atoms. The van der Waals surface area contributed by atoms with Crippen LogP contribution < -0.4 is 5.32 Å². The van der Waals surface area contributed by atoms with Crippen LogP contribution in [0.25, 0.3) is 0 Å². The summed E-state index contributed by atoms with van der Waals surface area (Å²) in [7, 11) is 0. The van der Waals surface area contributed by atoms with E-state index in [1.165, 1.54) is 0 Å². The number of rotatable bonds is 3. The summed E-state index contributed by atoms with van der Waals surface area (Å²) in [5.41, 5.74) is 2.21. The maximum Gasteiger partial charge on any atom is 0.407 e. The minimum atomic E-state index is -0.498. The lowest BCUT2D eigenvalue weighted by Gasteiger charge is -2.20. The van der Waals surface area contributed by atoms with Crippen molar-refractivity contribution in [3.8, 4) is 6.07 Å². The number of hydrogen-bond acceptors (Lipinski definition) is 3. The molecule has 4 nitrogen and oxygen atoms in total. The molecule has 0 aliphatic heterocycles. The van der Waals surface area contributed by atoms with Crippen LogP contribution in [-0.4, -0.2) is 11.7 Å². The van der Waals surface area contributed by atoms with Gasteiger partial charge in [0.1, 0.15) is 5.60 Å². The van der Waals surface area contributed by atoms with E-state index >= 15 is 0 Å². The molecule has 0 saturated carbocycles. The number of carbonyl (C=O) groups is 1. The first kappa shape index (κ1) is 15.0. The van der Waals surface area contributed by atoms with Gasteiger partial charge in [0.2, 0.25) is 0 Å². The van der Waals surface area contributed by atoms with Crippen molar-refractivity contribution in [2.24, 2.45) is 0 Å². The summed E-state index contributed by atoms with van der Waals surface area (Å²) in [4.78, 5) is 11.6. The molecule has 0 aliphatic rings. The van der Waals surface area contributed by atoms with Crippen molar-refractivity contribution >= 4 is 6.09 Å². The molecule has 19 heavy (non-hydrogen) atoms. The molecule has 1 aromatic rings. The number of nitrogens with one attached hydrogen (secondary N) is 1. The average Bonchev–Trinajstić information content (AvgIpc) is 2.34. The number of ether oxygens (including phenoxy) is 1. The number of carbonyl (C=O) groups excluding carboxylic acids is 1. The molecular weight excluding hydrogens is 240 g/mol. The van der Waals surface area contributed by atoms with E-state index in [0.717, 1.165) is 17.5 Å². The Morgan fingerprint density at radius 1 is 1.37 bits per heavy atom. The highest BCUT2D eigenvalue weighted by atomic mass is 16.6. The molecule has 0 heterocycles. The molecule has 0 saturated heterocycles. The second kappa shape index (κ2) is 6.24. The second-order valence-corrected chi connectivity index (χ2v) is 5.30. The summed E-state index contributed by atoms with van der Waals surface area (Å²) in [6, 6.07) is 7.59. The maximum atomic E-state index is 11.6. The van der Waals surface area contributed by atoms with Gasteiger partial charge >= 0.3 is 6.09 Å². The molecule has 0 atom stereocenters. The smallest absolute Gasteiger partial charge is 0.407 e. The molecular formula is C15H20N2O2. The number of alkyl carbamates (subject to hydrolysis) is 1. The number of hydrogen-bond donors (Lipinski definition) is 1. The Labute approximate surface area is 114 Å². The first-order valence-corrected chi connectivity index (χ1v) is 6.34. The van der Waals surface area contributed by atoms with E-state index in [2.05, 4.69) is 11.4 Å². The zero-order valence-corrected chi connectivity index (χ0v) is 11.9. The summed E-state index contributed by atoms with van der Waals surface area (Å²) in [5, 5.41) is 11.6. The molecule has 1 N–H and O–H groups in total. The SMILES string of the molecule is CCc1cc(C#N)ccc1CNC(=O)OC(C)(C)C. The van der Waals surface area contributed by atoms with Crippen LogP contribution in [0.5, 0.6) is 0 Å². The monoisotopic (exact) mass is 260 g/mol. The van der Waals surface area contributed by atoms with Gasteiger partial charge in [0.05, 0.1) is 11.6 Å². The van der Waals surface area contributed by atoms with Crippen LogP contribution in [0.3, 0.4) is 0 Å². The zero-order chi connectivity index (χ0) is 14.5. The molecule has 0 bridgehead atoms. The Morgan fingerprint density at radius 2 is 2.05 bits per heavy atom. The minimum absolute atomic E-state index is 0.407. The molecule has 102 valence electrons. The highest BCUT2D eigenvalue weighted by Crippen LogP contribution is 2.13. The first-order valence-electron chi connectivity index (χ1n) is 6.34. The van der Waals surface area contributed by atoms with E-state index in [1.807, 2.05) is 39.8 Å². The zero-order valence-electron chi connectivity index (χ0n) is 11.9. The quantitative estimate of drug-likeness (QED) is 0.908. The molecule has 1 rings (SSSR count). The van der Waals surface area contributed by atoms with Crippen molar-refractivity contribution in [3.63, 3.8) is 0 Å². The Kier molecular flexibility index (Phi) is 4.94. The standard InChI is InChI=1S/C15H20N2O2/c1-5-12-8-11(9-16)6-7-13(12)10-17-14(18)19-15(2,3)4/h6-8H,5,10H2,1-4H3,(H,17,18). The number of amides is 1. The first-order chi connectivity index (χ1) is 8.85. The van der Waals surface area contributed by atoms with Gasteiger partial charge in [-0.2, -0.15) is 5.26 Å². The predicted octanol–water partition coefficient (Wildman–Crippen LogP) is 3.15. The predicted molar refractivity (Wildman–Crippen MR) is 73.6 cm³/mol. The van der Waals surface area contributed by atoms with Crippen molar-refractivity contribution in [2.45, 2.75) is 46.3 Å². The van der Waals surface area contributed by atoms with E-state index in [0.29, 0.717) is 12.1 Å². The molecule has 1 aromatic carbocycles. The van der Waals surface area contributed by atoms with Gasteiger partial charge in [0.15, 0.2) is 0 Å². The Morgan fingerprint density at radius 3 is 2.58 bits per heavy atom. The van der Waals surface area contributed by atoms with Crippen molar-refractivity contribution in [3.05, 3.63) is 34.9 Å². The lowest BCUT2D eigenvalue weighted by molar-refractivity contribution is 0.0523. The van der Waals surface area contributed by atoms with Gasteiger partial charge in [0.25, 0.3) is 0 Å². The van der Waals surface area contributed by atoms with Crippen LogP contribution in [0.1, 0.15) is 44.4 Å². The lowest BCUT2D eigenvalue weighted by Crippen LogP contribution is -2.32. The topological polar surface area (TPSA) is 62.1 Å². The fourth-order valence-corrected chi connectivity index (χ4v) is 1.68. The van der Waals surface area contributed by atoms with Gasteiger partial charge in [0, 0.05) is 6.54 Å². The molecule has 0 fully saturated rings. The van der Waals surface area contributed by atoms with Crippen LogP contribution >= 0.6 is 0 Å². The summed E-state index contributed by atoms with van der Waals surface area (Å²) in [5.74, 6) is 0. The van der Waals surface area contributed by atoms with Gasteiger partial charge in [-0.3, -0.25) is 0 Å². The molecule has 0 aliphatic carbocycles. The van der Waals surface area contributed by atoms with E-state index in [1.54, 1.807) is 6.07 Å². The fourth-order valence-electron chi connectivity index (χ4n) is 1.68. The summed E-state index contributed by atoms with van der Waals surface area (Å²) in [6.45, 7) is 7.90. The average molecular weight is 260 g/mol. The summed E-state index contributed by atoms with van der Waals surface area (Å²) in [6.07, 6.45) is 0.389. The maximum absolute atomic E-state index is 11.6. The molecule has 1 amide bonds. The summed E-state index contributed by atoms with van der Waals surface area (Å²) >= 11 is 0. The number of nitriles is 1. The molecule has 4 heteroatoms. The molecule has 0 unspecified atom stereocenters. The van der Waals surface area contributed by atoms with Crippen LogP contribution in [0, 0.1) is 11.3 Å². The van der Waals surface area contributed by atoms with Crippen LogP contribution in [-0.2, 0) is 17.7 Å². The van der Waals surface area contributed by atoms with Gasteiger partial charge in [-0.25, -0.2) is 4.79 Å². The van der Waals surface area contributed by atoms with Crippen LogP contribution in [0.4, 0.5) is 4.79 Å². The summed E-state index contributed by atoms with van der Waals surface area (Å²) < 4.78 is 5.18. The lowest BCUT2D eigenvalue weighted by atomic mass is 10.0. The van der Waals surface area contributed by atoms with Gasteiger partial charge < -0.3 is 10.1 Å². The molecule has 0 aromatic heterocycles.